The summed E-state index contributed by atoms with van der Waals surface area (Å²) < 4.78 is 11.4. The van der Waals surface area contributed by atoms with Gasteiger partial charge < -0.3 is 5.11 Å². The molecule has 0 atom stereocenters. The predicted octanol–water partition coefficient (Wildman–Crippen LogP) is 1.11. The highest BCUT2D eigenvalue weighted by Gasteiger charge is 2.39. The van der Waals surface area contributed by atoms with Crippen LogP contribution in [0.15, 0.2) is 0 Å². The van der Waals surface area contributed by atoms with E-state index in [4.69, 9.17) is 0 Å². The van der Waals surface area contributed by atoms with Gasteiger partial charge in [-0.2, -0.15) is 0 Å². The van der Waals surface area contributed by atoms with Gasteiger partial charge in [-0.1, -0.05) is 6.42 Å². The zero-order valence-corrected chi connectivity index (χ0v) is 6.18. The van der Waals surface area contributed by atoms with Crippen LogP contribution in [-0.4, -0.2) is 16.7 Å². The van der Waals surface area contributed by atoms with Crippen molar-refractivity contribution in [3.8, 4) is 0 Å². The maximum absolute atomic E-state index is 11.4. The van der Waals surface area contributed by atoms with Crippen LogP contribution in [-0.2, 0) is 9.74 Å². The van der Waals surface area contributed by atoms with Crippen molar-refractivity contribution in [2.24, 2.45) is 0 Å². The maximum Gasteiger partial charge on any atom is 0.379 e. The van der Waals surface area contributed by atoms with Crippen molar-refractivity contribution in [2.45, 2.75) is 37.7 Å². The Balaban J connectivity index is 2.56. The van der Waals surface area contributed by atoms with E-state index < -0.39 is 11.6 Å². The standard InChI is InChI=1S/C7H11FO3/c8-11-6(9)7(10)4-2-1-3-5-7/h10H,1-5H2. The third-order valence-corrected chi connectivity index (χ3v) is 2.13. The number of hydrogen-bond donors (Lipinski definition) is 1. The maximum atomic E-state index is 11.4. The van der Waals surface area contributed by atoms with Crippen LogP contribution in [0, 0.1) is 0 Å². The van der Waals surface area contributed by atoms with Crippen molar-refractivity contribution >= 4 is 5.97 Å². The molecule has 1 aliphatic carbocycles. The Bertz CT molecular complexity index is 152. The Morgan fingerprint density at radius 1 is 1.36 bits per heavy atom. The molecule has 0 radical (unpaired) electrons. The molecule has 0 bridgehead atoms. The summed E-state index contributed by atoms with van der Waals surface area (Å²) in [5.74, 6) is -1.14. The first-order valence-corrected chi connectivity index (χ1v) is 3.74. The van der Waals surface area contributed by atoms with Gasteiger partial charge in [0.2, 0.25) is 0 Å². The van der Waals surface area contributed by atoms with E-state index in [1.165, 1.54) is 0 Å². The Hall–Kier alpha value is -0.640. The smallest absolute Gasteiger partial charge is 0.378 e. The summed E-state index contributed by atoms with van der Waals surface area (Å²) >= 11 is 0. The molecule has 0 saturated heterocycles. The fourth-order valence-electron chi connectivity index (χ4n) is 1.41. The fourth-order valence-corrected chi connectivity index (χ4v) is 1.41. The van der Waals surface area contributed by atoms with Crippen LogP contribution in [0.4, 0.5) is 4.53 Å². The largest absolute Gasteiger partial charge is 0.379 e. The van der Waals surface area contributed by atoms with Gasteiger partial charge in [0.25, 0.3) is 0 Å². The van der Waals surface area contributed by atoms with E-state index in [0.29, 0.717) is 12.8 Å². The van der Waals surface area contributed by atoms with Crippen molar-refractivity contribution in [3.05, 3.63) is 0 Å². The molecule has 4 heteroatoms. The SMILES string of the molecule is O=C(OF)C1(O)CCCCC1. The lowest BCUT2D eigenvalue weighted by Crippen LogP contribution is -2.40. The summed E-state index contributed by atoms with van der Waals surface area (Å²) in [7, 11) is 0. The highest BCUT2D eigenvalue weighted by atomic mass is 19.3. The van der Waals surface area contributed by atoms with E-state index in [9.17, 15) is 14.4 Å². The molecule has 1 N–H and O–H groups in total. The topological polar surface area (TPSA) is 46.5 Å². The van der Waals surface area contributed by atoms with Gasteiger partial charge in [0, 0.05) is 4.53 Å². The second-order valence-electron chi connectivity index (χ2n) is 2.96. The summed E-state index contributed by atoms with van der Waals surface area (Å²) in [6.07, 6.45) is 3.13. The van der Waals surface area contributed by atoms with E-state index in [1.807, 2.05) is 0 Å². The molecule has 1 fully saturated rings. The molecule has 0 aliphatic heterocycles. The van der Waals surface area contributed by atoms with E-state index >= 15 is 0 Å². The van der Waals surface area contributed by atoms with Crippen LogP contribution in [0.25, 0.3) is 0 Å². The third-order valence-electron chi connectivity index (χ3n) is 2.13. The van der Waals surface area contributed by atoms with Crippen molar-refractivity contribution in [1.82, 2.24) is 0 Å². The minimum Gasteiger partial charge on any atom is -0.378 e. The van der Waals surface area contributed by atoms with Crippen LogP contribution < -0.4 is 0 Å². The highest BCUT2D eigenvalue weighted by Crippen LogP contribution is 2.28. The molecule has 0 amide bonds. The van der Waals surface area contributed by atoms with Crippen molar-refractivity contribution in [1.29, 1.82) is 0 Å². The third kappa shape index (κ3) is 1.68. The predicted molar refractivity (Wildman–Crippen MR) is 35.2 cm³/mol. The number of halogens is 1. The van der Waals surface area contributed by atoms with Crippen molar-refractivity contribution in [2.75, 3.05) is 0 Å². The van der Waals surface area contributed by atoms with Gasteiger partial charge in [-0.15, -0.1) is 0 Å². The monoisotopic (exact) mass is 162 g/mol. The van der Waals surface area contributed by atoms with Gasteiger partial charge in [-0.3, -0.25) is 4.94 Å². The van der Waals surface area contributed by atoms with Crippen LogP contribution >= 0.6 is 0 Å². The molecule has 3 nitrogen and oxygen atoms in total. The number of carbonyl (C=O) groups is 1. The molecular formula is C7H11FO3. The van der Waals surface area contributed by atoms with Crippen LogP contribution in [0.1, 0.15) is 32.1 Å². The lowest BCUT2D eigenvalue weighted by atomic mass is 9.85. The minimum atomic E-state index is -1.55. The molecule has 1 rings (SSSR count). The average molecular weight is 162 g/mol. The first-order chi connectivity index (χ1) is 5.19. The first-order valence-electron chi connectivity index (χ1n) is 3.74. The lowest BCUT2D eigenvalue weighted by molar-refractivity contribution is -0.208. The quantitative estimate of drug-likeness (QED) is 0.628. The van der Waals surface area contributed by atoms with Crippen LogP contribution in [0.5, 0.6) is 0 Å². The van der Waals surface area contributed by atoms with Gasteiger partial charge >= 0.3 is 5.97 Å². The molecule has 0 aromatic carbocycles. The van der Waals surface area contributed by atoms with E-state index in [2.05, 4.69) is 4.94 Å². The lowest BCUT2D eigenvalue weighted by Gasteiger charge is -2.27. The summed E-state index contributed by atoms with van der Waals surface area (Å²) in [6, 6.07) is 0. The normalized spacial score (nSPS) is 22.7. The molecule has 64 valence electrons. The van der Waals surface area contributed by atoms with Crippen LogP contribution in [0.3, 0.4) is 0 Å². The van der Waals surface area contributed by atoms with Gasteiger partial charge in [-0.05, 0) is 25.7 Å². The number of carbonyl (C=O) groups excluding carboxylic acids is 1. The van der Waals surface area contributed by atoms with Crippen molar-refractivity contribution in [3.63, 3.8) is 0 Å². The molecule has 1 saturated carbocycles. The van der Waals surface area contributed by atoms with Crippen LogP contribution in [0.2, 0.25) is 0 Å². The molecule has 0 heterocycles. The number of aliphatic hydroxyl groups is 1. The zero-order chi connectivity index (χ0) is 8.32. The zero-order valence-electron chi connectivity index (χ0n) is 6.18. The molecule has 0 aromatic heterocycles. The second kappa shape index (κ2) is 3.17. The first kappa shape index (κ1) is 8.46. The average Bonchev–Trinajstić information content (AvgIpc) is 2.04. The summed E-state index contributed by atoms with van der Waals surface area (Å²) in [5, 5.41) is 9.43. The highest BCUT2D eigenvalue weighted by molar-refractivity contribution is 5.78. The molecule has 0 aromatic rings. The van der Waals surface area contributed by atoms with Gasteiger partial charge in [0.1, 0.15) is 0 Å². The number of hydrogen-bond acceptors (Lipinski definition) is 3. The molecule has 11 heavy (non-hydrogen) atoms. The molecule has 0 unspecified atom stereocenters. The molecule has 0 spiro atoms. The Labute approximate surface area is 64.1 Å². The van der Waals surface area contributed by atoms with Gasteiger partial charge in [0.15, 0.2) is 5.60 Å². The Morgan fingerprint density at radius 3 is 2.36 bits per heavy atom. The molecule has 1 aliphatic rings. The second-order valence-corrected chi connectivity index (χ2v) is 2.96. The Kier molecular flexibility index (Phi) is 2.44. The van der Waals surface area contributed by atoms with Gasteiger partial charge in [0.05, 0.1) is 0 Å². The molecular weight excluding hydrogens is 151 g/mol. The van der Waals surface area contributed by atoms with E-state index in [0.717, 1.165) is 19.3 Å². The van der Waals surface area contributed by atoms with Crippen molar-refractivity contribution < 1.29 is 19.4 Å². The summed E-state index contributed by atoms with van der Waals surface area (Å²) in [5.41, 5.74) is -1.55. The number of rotatable bonds is 1. The van der Waals surface area contributed by atoms with E-state index in [-0.39, 0.29) is 0 Å². The fraction of sp³-hybridized carbons (Fsp3) is 0.857. The Morgan fingerprint density at radius 2 is 1.91 bits per heavy atom. The summed E-state index contributed by atoms with van der Waals surface area (Å²) in [6.45, 7) is 0. The van der Waals surface area contributed by atoms with Gasteiger partial charge in [-0.25, -0.2) is 4.79 Å². The summed E-state index contributed by atoms with van der Waals surface area (Å²) in [4.78, 5) is 13.6. The minimum absolute atomic E-state index is 0.315. The van der Waals surface area contributed by atoms with E-state index in [1.54, 1.807) is 0 Å².